The van der Waals surface area contributed by atoms with Gasteiger partial charge in [0.2, 0.25) is 0 Å². The maximum atomic E-state index is 8.97. The molecule has 0 bridgehead atoms. The summed E-state index contributed by atoms with van der Waals surface area (Å²) in [5, 5.41) is 15.0. The van der Waals surface area contributed by atoms with Crippen molar-refractivity contribution in [1.29, 1.82) is 0 Å². The molecule has 0 unspecified atom stereocenters. The smallest absolute Gasteiger partial charge is 0.182 e. The van der Waals surface area contributed by atoms with Crippen molar-refractivity contribution in [3.63, 3.8) is 0 Å². The van der Waals surface area contributed by atoms with Gasteiger partial charge < -0.3 is 10.4 Å². The van der Waals surface area contributed by atoms with Crippen molar-refractivity contribution in [3.05, 3.63) is 11.6 Å². The second kappa shape index (κ2) is 3.87. The van der Waals surface area contributed by atoms with Crippen LogP contribution in [-0.4, -0.2) is 23.2 Å². The van der Waals surface area contributed by atoms with E-state index in [2.05, 4.69) is 10.3 Å². The Bertz CT molecular complexity index is 221. The van der Waals surface area contributed by atoms with Gasteiger partial charge in [-0.25, -0.2) is 4.98 Å². The highest BCUT2D eigenvalue weighted by Gasteiger charge is 2.15. The van der Waals surface area contributed by atoms with Crippen LogP contribution in [0.25, 0.3) is 0 Å². The van der Waals surface area contributed by atoms with E-state index in [1.54, 1.807) is 17.5 Å². The molecule has 68 valence electrons. The first-order valence-electron chi connectivity index (χ1n) is 3.88. The molecular formula is C8H14N2OS. The van der Waals surface area contributed by atoms with Crippen molar-refractivity contribution in [2.24, 2.45) is 5.41 Å². The number of nitrogens with one attached hydrogen (secondary N) is 1. The number of nitrogens with zero attached hydrogens (tertiary/aromatic N) is 1. The lowest BCUT2D eigenvalue weighted by Gasteiger charge is -2.21. The van der Waals surface area contributed by atoms with Crippen molar-refractivity contribution in [2.45, 2.75) is 13.8 Å². The molecule has 0 saturated carbocycles. The topological polar surface area (TPSA) is 45.1 Å². The van der Waals surface area contributed by atoms with Crippen LogP contribution in [0, 0.1) is 5.41 Å². The molecule has 4 heteroatoms. The van der Waals surface area contributed by atoms with Gasteiger partial charge >= 0.3 is 0 Å². The van der Waals surface area contributed by atoms with E-state index in [0.717, 1.165) is 11.7 Å². The summed E-state index contributed by atoms with van der Waals surface area (Å²) in [4.78, 5) is 4.08. The van der Waals surface area contributed by atoms with Crippen LogP contribution in [0.1, 0.15) is 13.8 Å². The van der Waals surface area contributed by atoms with E-state index in [1.165, 1.54) is 0 Å². The molecule has 1 aromatic rings. The minimum absolute atomic E-state index is 0.0777. The van der Waals surface area contributed by atoms with Gasteiger partial charge in [-0.15, -0.1) is 11.3 Å². The Morgan fingerprint density at radius 2 is 2.42 bits per heavy atom. The predicted octanol–water partition coefficient (Wildman–Crippen LogP) is 1.57. The monoisotopic (exact) mass is 186 g/mol. The summed E-state index contributed by atoms with van der Waals surface area (Å²) in [6.07, 6.45) is 1.76. The van der Waals surface area contributed by atoms with Gasteiger partial charge in [-0.2, -0.15) is 0 Å². The summed E-state index contributed by atoms with van der Waals surface area (Å²) >= 11 is 1.57. The highest BCUT2D eigenvalue weighted by molar-refractivity contribution is 7.13. The van der Waals surface area contributed by atoms with E-state index in [-0.39, 0.29) is 12.0 Å². The molecule has 1 rings (SSSR count). The molecule has 1 aromatic heterocycles. The number of aliphatic hydroxyl groups is 1. The van der Waals surface area contributed by atoms with Gasteiger partial charge in [0.25, 0.3) is 0 Å². The summed E-state index contributed by atoms with van der Waals surface area (Å²) in [6.45, 7) is 4.95. The molecule has 0 aliphatic carbocycles. The van der Waals surface area contributed by atoms with Gasteiger partial charge in [0.1, 0.15) is 0 Å². The van der Waals surface area contributed by atoms with Gasteiger partial charge in [-0.3, -0.25) is 0 Å². The van der Waals surface area contributed by atoms with Gasteiger partial charge in [0, 0.05) is 30.1 Å². The van der Waals surface area contributed by atoms with Crippen molar-refractivity contribution in [2.75, 3.05) is 18.5 Å². The normalized spacial score (nSPS) is 11.6. The van der Waals surface area contributed by atoms with Crippen molar-refractivity contribution >= 4 is 16.5 Å². The lowest BCUT2D eigenvalue weighted by Crippen LogP contribution is -2.26. The lowest BCUT2D eigenvalue weighted by atomic mass is 9.95. The van der Waals surface area contributed by atoms with Crippen molar-refractivity contribution in [3.8, 4) is 0 Å². The number of hydrogen-bond donors (Lipinski definition) is 2. The fourth-order valence-electron chi connectivity index (χ4n) is 0.682. The molecule has 0 atom stereocenters. The summed E-state index contributed by atoms with van der Waals surface area (Å²) in [7, 11) is 0. The second-order valence-electron chi connectivity index (χ2n) is 3.51. The fourth-order valence-corrected chi connectivity index (χ4v) is 1.21. The number of thiazole rings is 1. The highest BCUT2D eigenvalue weighted by Crippen LogP contribution is 2.16. The molecule has 12 heavy (non-hydrogen) atoms. The number of aromatic nitrogens is 1. The average Bonchev–Trinajstić information content (AvgIpc) is 2.53. The Morgan fingerprint density at radius 3 is 2.92 bits per heavy atom. The summed E-state index contributed by atoms with van der Waals surface area (Å²) < 4.78 is 0. The molecular weight excluding hydrogens is 172 g/mol. The van der Waals surface area contributed by atoms with Crippen LogP contribution in [0.15, 0.2) is 11.6 Å². The summed E-state index contributed by atoms with van der Waals surface area (Å²) in [6, 6.07) is 0. The third-order valence-electron chi connectivity index (χ3n) is 1.58. The zero-order chi connectivity index (χ0) is 9.03. The second-order valence-corrected chi connectivity index (χ2v) is 4.41. The molecule has 3 nitrogen and oxygen atoms in total. The molecule has 0 aromatic carbocycles. The van der Waals surface area contributed by atoms with Crippen LogP contribution in [0.3, 0.4) is 0 Å². The van der Waals surface area contributed by atoms with E-state index in [0.29, 0.717) is 0 Å². The maximum Gasteiger partial charge on any atom is 0.182 e. The Morgan fingerprint density at radius 1 is 1.67 bits per heavy atom. The first-order chi connectivity index (χ1) is 5.64. The Balaban J connectivity index is 2.36. The summed E-state index contributed by atoms with van der Waals surface area (Å²) in [5.74, 6) is 0. The van der Waals surface area contributed by atoms with Crippen molar-refractivity contribution < 1.29 is 5.11 Å². The molecule has 1 heterocycles. The molecule has 0 amide bonds. The molecule has 0 fully saturated rings. The first-order valence-corrected chi connectivity index (χ1v) is 4.76. The molecule has 2 N–H and O–H groups in total. The van der Waals surface area contributed by atoms with E-state index < -0.39 is 0 Å². The number of hydrogen-bond acceptors (Lipinski definition) is 4. The minimum atomic E-state index is -0.0777. The maximum absolute atomic E-state index is 8.97. The van der Waals surface area contributed by atoms with Gasteiger partial charge in [-0.05, 0) is 0 Å². The summed E-state index contributed by atoms with van der Waals surface area (Å²) in [5.41, 5.74) is -0.0777. The largest absolute Gasteiger partial charge is 0.396 e. The number of rotatable bonds is 4. The van der Waals surface area contributed by atoms with Gasteiger partial charge in [-0.1, -0.05) is 13.8 Å². The van der Waals surface area contributed by atoms with Crippen LogP contribution >= 0.6 is 11.3 Å². The number of anilines is 1. The fraction of sp³-hybridized carbons (Fsp3) is 0.625. The van der Waals surface area contributed by atoms with Crippen LogP contribution < -0.4 is 5.32 Å². The van der Waals surface area contributed by atoms with Gasteiger partial charge in [0.05, 0.1) is 0 Å². The van der Waals surface area contributed by atoms with E-state index in [9.17, 15) is 0 Å². The Labute approximate surface area is 76.5 Å². The zero-order valence-electron chi connectivity index (χ0n) is 7.37. The van der Waals surface area contributed by atoms with Crippen LogP contribution in [-0.2, 0) is 0 Å². The third kappa shape index (κ3) is 2.79. The third-order valence-corrected chi connectivity index (χ3v) is 2.31. The first kappa shape index (κ1) is 9.48. The van der Waals surface area contributed by atoms with Gasteiger partial charge in [0.15, 0.2) is 5.13 Å². The van der Waals surface area contributed by atoms with E-state index in [1.807, 2.05) is 19.2 Å². The predicted molar refractivity (Wildman–Crippen MR) is 51.5 cm³/mol. The Kier molecular flexibility index (Phi) is 3.05. The molecule has 0 aliphatic heterocycles. The number of aliphatic hydroxyl groups excluding tert-OH is 1. The SMILES string of the molecule is CC(C)(CO)CNc1nccs1. The quantitative estimate of drug-likeness (QED) is 0.750. The molecule has 0 aliphatic rings. The molecule has 0 spiro atoms. The van der Waals surface area contributed by atoms with E-state index >= 15 is 0 Å². The molecule has 0 saturated heterocycles. The van der Waals surface area contributed by atoms with Crippen LogP contribution in [0.5, 0.6) is 0 Å². The zero-order valence-corrected chi connectivity index (χ0v) is 8.19. The van der Waals surface area contributed by atoms with Crippen LogP contribution in [0.4, 0.5) is 5.13 Å². The highest BCUT2D eigenvalue weighted by atomic mass is 32.1. The van der Waals surface area contributed by atoms with Crippen molar-refractivity contribution in [1.82, 2.24) is 4.98 Å². The lowest BCUT2D eigenvalue weighted by molar-refractivity contribution is 0.171. The molecule has 0 radical (unpaired) electrons. The van der Waals surface area contributed by atoms with E-state index in [4.69, 9.17) is 5.11 Å². The Hall–Kier alpha value is -0.610. The standard InChI is InChI=1S/C8H14N2OS/c1-8(2,6-11)5-10-7-9-3-4-12-7/h3-4,11H,5-6H2,1-2H3,(H,9,10). The minimum Gasteiger partial charge on any atom is -0.396 e. The average molecular weight is 186 g/mol. The van der Waals surface area contributed by atoms with Crippen LogP contribution in [0.2, 0.25) is 0 Å².